The van der Waals surface area contributed by atoms with E-state index >= 15 is 0 Å². The molecule has 1 N–H and O–H groups in total. The highest BCUT2D eigenvalue weighted by atomic mass is 16.5. The average Bonchev–Trinajstić information content (AvgIpc) is 3.47. The number of aliphatic hydroxyl groups excluding tert-OH is 1. The first kappa shape index (κ1) is 23.4. The fourth-order valence-electron chi connectivity index (χ4n) is 5.37. The molecule has 2 aliphatic rings. The number of carbonyl (C=O) groups excluding carboxylic acids is 1. The largest absolute Gasteiger partial charge is 0.493 e. The van der Waals surface area contributed by atoms with Gasteiger partial charge in [-0.25, -0.2) is 4.79 Å². The quantitative estimate of drug-likeness (QED) is 0.653. The van der Waals surface area contributed by atoms with Gasteiger partial charge in [0.05, 0.1) is 26.4 Å². The Morgan fingerprint density at radius 2 is 1.85 bits per heavy atom. The lowest BCUT2D eigenvalue weighted by atomic mass is 9.70. The molecule has 33 heavy (non-hydrogen) atoms. The van der Waals surface area contributed by atoms with E-state index in [4.69, 9.17) is 14.2 Å². The second kappa shape index (κ2) is 10.0. The molecule has 1 saturated heterocycles. The molecule has 2 fully saturated rings. The fourth-order valence-corrected chi connectivity index (χ4v) is 5.37. The molecule has 2 aromatic rings. The van der Waals surface area contributed by atoms with Gasteiger partial charge in [0, 0.05) is 24.4 Å². The van der Waals surface area contributed by atoms with Crippen molar-refractivity contribution in [3.8, 4) is 11.5 Å². The standard InChI is InChI=1S/C27H35NO5/c1-27(25(29)15-19-9-5-4-6-10-19)18-28(26(30)32-3)17-22(27)20-13-14-23(31-2)24(16-20)33-21-11-7-8-12-21/h4-6,9-10,13-14,16,21-22,25,29H,7-8,11-12,15,17-18H2,1-3H3/t22-,25+,27+/m0/s1. The van der Waals surface area contributed by atoms with Crippen molar-refractivity contribution in [1.82, 2.24) is 4.90 Å². The summed E-state index contributed by atoms with van der Waals surface area (Å²) < 4.78 is 16.9. The predicted octanol–water partition coefficient (Wildman–Crippen LogP) is 4.79. The lowest BCUT2D eigenvalue weighted by Crippen LogP contribution is -2.41. The minimum atomic E-state index is -0.638. The predicted molar refractivity (Wildman–Crippen MR) is 127 cm³/mol. The third-order valence-corrected chi connectivity index (χ3v) is 7.38. The molecule has 6 nitrogen and oxygen atoms in total. The Balaban J connectivity index is 1.65. The van der Waals surface area contributed by atoms with Crippen LogP contribution in [0.2, 0.25) is 0 Å². The minimum Gasteiger partial charge on any atom is -0.493 e. The summed E-state index contributed by atoms with van der Waals surface area (Å²) in [6, 6.07) is 16.0. The molecule has 178 valence electrons. The number of methoxy groups -OCH3 is 2. The lowest BCUT2D eigenvalue weighted by molar-refractivity contribution is 0.0330. The normalized spacial score (nSPS) is 24.0. The van der Waals surface area contributed by atoms with Crippen molar-refractivity contribution < 1.29 is 24.1 Å². The van der Waals surface area contributed by atoms with Crippen LogP contribution in [-0.4, -0.2) is 55.6 Å². The fraction of sp³-hybridized carbons (Fsp3) is 0.519. The maximum atomic E-state index is 12.4. The second-order valence-electron chi connectivity index (χ2n) is 9.55. The van der Waals surface area contributed by atoms with Crippen molar-refractivity contribution in [3.05, 3.63) is 59.7 Å². The Kier molecular flexibility index (Phi) is 7.13. The van der Waals surface area contributed by atoms with Crippen LogP contribution < -0.4 is 9.47 Å². The summed E-state index contributed by atoms with van der Waals surface area (Å²) in [5.74, 6) is 1.37. The molecule has 1 aliphatic heterocycles. The molecule has 1 aliphatic carbocycles. The van der Waals surface area contributed by atoms with E-state index in [2.05, 4.69) is 6.92 Å². The van der Waals surface area contributed by atoms with Gasteiger partial charge in [0.25, 0.3) is 0 Å². The molecule has 0 spiro atoms. The molecular weight excluding hydrogens is 418 g/mol. The molecule has 0 aromatic heterocycles. The van der Waals surface area contributed by atoms with Crippen molar-refractivity contribution >= 4 is 6.09 Å². The minimum absolute atomic E-state index is 0.0767. The summed E-state index contributed by atoms with van der Waals surface area (Å²) in [5.41, 5.74) is 1.55. The molecule has 0 bridgehead atoms. The van der Waals surface area contributed by atoms with Gasteiger partial charge < -0.3 is 24.2 Å². The van der Waals surface area contributed by atoms with Crippen LogP contribution in [0.15, 0.2) is 48.5 Å². The highest BCUT2D eigenvalue weighted by molar-refractivity contribution is 5.68. The first-order chi connectivity index (χ1) is 15.9. The van der Waals surface area contributed by atoms with Gasteiger partial charge in [-0.2, -0.15) is 0 Å². The van der Waals surface area contributed by atoms with E-state index in [1.54, 1.807) is 12.0 Å². The van der Waals surface area contributed by atoms with E-state index in [1.165, 1.54) is 20.0 Å². The Bertz CT molecular complexity index is 943. The van der Waals surface area contributed by atoms with Crippen molar-refractivity contribution in [2.45, 2.75) is 57.2 Å². The molecule has 2 aromatic carbocycles. The van der Waals surface area contributed by atoms with Crippen molar-refractivity contribution in [1.29, 1.82) is 0 Å². The summed E-state index contributed by atoms with van der Waals surface area (Å²) in [7, 11) is 3.05. The zero-order chi connectivity index (χ0) is 23.4. The van der Waals surface area contributed by atoms with E-state index in [0.717, 1.165) is 29.7 Å². The molecule has 6 heteroatoms. The van der Waals surface area contributed by atoms with Crippen LogP contribution in [0, 0.1) is 5.41 Å². The van der Waals surface area contributed by atoms with Crippen LogP contribution in [0.3, 0.4) is 0 Å². The highest BCUT2D eigenvalue weighted by Crippen LogP contribution is 2.48. The molecule has 0 radical (unpaired) electrons. The lowest BCUT2D eigenvalue weighted by Gasteiger charge is -2.36. The van der Waals surface area contributed by atoms with Crippen molar-refractivity contribution in [2.75, 3.05) is 27.3 Å². The first-order valence-electron chi connectivity index (χ1n) is 11.8. The monoisotopic (exact) mass is 453 g/mol. The number of aliphatic hydroxyl groups is 1. The number of carbonyl (C=O) groups is 1. The van der Waals surface area contributed by atoms with E-state index < -0.39 is 11.5 Å². The van der Waals surface area contributed by atoms with Gasteiger partial charge in [-0.1, -0.05) is 43.3 Å². The number of amides is 1. The summed E-state index contributed by atoms with van der Waals surface area (Å²) in [5, 5.41) is 11.4. The first-order valence-corrected chi connectivity index (χ1v) is 11.8. The Morgan fingerprint density at radius 3 is 2.52 bits per heavy atom. The Morgan fingerprint density at radius 1 is 1.12 bits per heavy atom. The number of ether oxygens (including phenoxy) is 3. The number of nitrogens with zero attached hydrogens (tertiary/aromatic N) is 1. The SMILES string of the molecule is COC(=O)N1C[C@@H](c2ccc(OC)c(OC3CCCC3)c2)[C@](C)([C@H](O)Cc2ccccc2)C1. The van der Waals surface area contributed by atoms with Crippen molar-refractivity contribution in [2.24, 2.45) is 5.41 Å². The number of benzene rings is 2. The van der Waals surface area contributed by atoms with Crippen LogP contribution >= 0.6 is 0 Å². The topological polar surface area (TPSA) is 68.2 Å². The molecule has 4 rings (SSSR count). The third-order valence-electron chi connectivity index (χ3n) is 7.38. The zero-order valence-corrected chi connectivity index (χ0v) is 19.8. The maximum absolute atomic E-state index is 12.4. The second-order valence-corrected chi connectivity index (χ2v) is 9.55. The van der Waals surface area contributed by atoms with Gasteiger partial charge in [-0.05, 0) is 55.4 Å². The van der Waals surface area contributed by atoms with E-state index in [1.807, 2.05) is 48.5 Å². The van der Waals surface area contributed by atoms with E-state index in [0.29, 0.717) is 25.3 Å². The molecular formula is C27H35NO5. The molecule has 3 atom stereocenters. The molecule has 1 saturated carbocycles. The van der Waals surface area contributed by atoms with Gasteiger partial charge in [-0.3, -0.25) is 0 Å². The van der Waals surface area contributed by atoms with Crippen LogP contribution in [-0.2, 0) is 11.2 Å². The van der Waals surface area contributed by atoms with E-state index in [9.17, 15) is 9.90 Å². The van der Waals surface area contributed by atoms with Gasteiger partial charge in [0.15, 0.2) is 11.5 Å². The van der Waals surface area contributed by atoms with Crippen LogP contribution in [0.5, 0.6) is 11.5 Å². The summed E-state index contributed by atoms with van der Waals surface area (Å²) in [6.45, 7) is 2.96. The van der Waals surface area contributed by atoms with Gasteiger partial charge in [-0.15, -0.1) is 0 Å². The number of hydrogen-bond acceptors (Lipinski definition) is 5. The van der Waals surface area contributed by atoms with Crippen LogP contribution in [0.1, 0.15) is 49.7 Å². The number of rotatable bonds is 7. The average molecular weight is 454 g/mol. The van der Waals surface area contributed by atoms with Gasteiger partial charge >= 0.3 is 6.09 Å². The Labute approximate surface area is 196 Å². The van der Waals surface area contributed by atoms with Crippen molar-refractivity contribution in [3.63, 3.8) is 0 Å². The molecule has 1 amide bonds. The number of likely N-dealkylation sites (tertiary alicyclic amines) is 1. The highest BCUT2D eigenvalue weighted by Gasteiger charge is 2.50. The van der Waals surface area contributed by atoms with Gasteiger partial charge in [0.1, 0.15) is 0 Å². The summed E-state index contributed by atoms with van der Waals surface area (Å²) in [4.78, 5) is 14.1. The smallest absolute Gasteiger partial charge is 0.409 e. The molecule has 0 unspecified atom stereocenters. The zero-order valence-electron chi connectivity index (χ0n) is 19.8. The number of hydrogen-bond donors (Lipinski definition) is 1. The summed E-state index contributed by atoms with van der Waals surface area (Å²) >= 11 is 0. The third kappa shape index (κ3) is 4.96. The van der Waals surface area contributed by atoms with E-state index in [-0.39, 0.29) is 18.1 Å². The van der Waals surface area contributed by atoms with Crippen LogP contribution in [0.25, 0.3) is 0 Å². The maximum Gasteiger partial charge on any atom is 0.409 e. The van der Waals surface area contributed by atoms with Crippen LogP contribution in [0.4, 0.5) is 4.79 Å². The summed E-state index contributed by atoms with van der Waals surface area (Å²) in [6.07, 6.45) is 4.21. The Hall–Kier alpha value is -2.73. The van der Waals surface area contributed by atoms with Gasteiger partial charge in [0.2, 0.25) is 0 Å². The molecule has 1 heterocycles.